The van der Waals surface area contributed by atoms with Gasteiger partial charge >= 0.3 is 0 Å². The quantitative estimate of drug-likeness (QED) is 0.862. The molecule has 5 nitrogen and oxygen atoms in total. The molecule has 0 unspecified atom stereocenters. The highest BCUT2D eigenvalue weighted by Crippen LogP contribution is 2.36. The average molecular weight is 345 g/mol. The molecule has 0 atom stereocenters. The number of hydrogen-bond acceptors (Lipinski definition) is 4. The fourth-order valence-corrected chi connectivity index (χ4v) is 3.11. The lowest BCUT2D eigenvalue weighted by Gasteiger charge is -2.29. The summed E-state index contributed by atoms with van der Waals surface area (Å²) in [7, 11) is 0. The number of rotatable bonds is 1. The molecule has 24 heavy (non-hydrogen) atoms. The van der Waals surface area contributed by atoms with Crippen LogP contribution in [-0.2, 0) is 17.8 Å². The summed E-state index contributed by atoms with van der Waals surface area (Å²) in [6, 6.07) is 6.31. The number of pyridine rings is 1. The largest absolute Gasteiger partial charge is 0.383 e. The first-order valence-electron chi connectivity index (χ1n) is 7.34. The lowest BCUT2D eigenvalue weighted by atomic mass is 9.91. The number of carbonyl (C=O) groups excluding carboxylic acids is 1. The van der Waals surface area contributed by atoms with Crippen LogP contribution in [0.25, 0.3) is 11.1 Å². The number of aromatic nitrogens is 1. The van der Waals surface area contributed by atoms with Crippen molar-refractivity contribution in [3.05, 3.63) is 45.9 Å². The van der Waals surface area contributed by atoms with Crippen molar-refractivity contribution in [3.63, 3.8) is 0 Å². The van der Waals surface area contributed by atoms with E-state index in [0.717, 1.165) is 11.3 Å². The van der Waals surface area contributed by atoms with Crippen LogP contribution in [0, 0.1) is 17.1 Å². The average Bonchev–Trinajstić information content (AvgIpc) is 2.55. The molecule has 2 heterocycles. The molecule has 2 N–H and O–H groups in total. The number of anilines is 1. The fourth-order valence-electron chi connectivity index (χ4n) is 2.93. The van der Waals surface area contributed by atoms with Gasteiger partial charge in [-0.2, -0.15) is 5.26 Å². The molecular formula is C17H14ClFN4O. The number of carbonyl (C=O) groups is 1. The van der Waals surface area contributed by atoms with Crippen LogP contribution in [0.2, 0.25) is 5.02 Å². The van der Waals surface area contributed by atoms with Gasteiger partial charge in [-0.05, 0) is 17.7 Å². The van der Waals surface area contributed by atoms with Gasteiger partial charge in [0, 0.05) is 37.6 Å². The summed E-state index contributed by atoms with van der Waals surface area (Å²) in [5.41, 5.74) is 8.79. The van der Waals surface area contributed by atoms with Crippen molar-refractivity contribution in [2.75, 3.05) is 12.3 Å². The normalized spacial score (nSPS) is 13.3. The summed E-state index contributed by atoms with van der Waals surface area (Å²) in [6.07, 6.45) is 0.548. The van der Waals surface area contributed by atoms with E-state index >= 15 is 0 Å². The summed E-state index contributed by atoms with van der Waals surface area (Å²) in [5.74, 6) is -0.470. The standard InChI is InChI=1S/C17H14ClFN4O/c1-9(24)23-5-4-15-12(8-23)16(11(7-20)17(21)22-15)10-2-3-14(19)13(18)6-10/h2-3,6H,4-5,8H2,1H3,(H2,21,22). The number of nitrogens with zero attached hydrogens (tertiary/aromatic N) is 3. The topological polar surface area (TPSA) is 83.0 Å². The van der Waals surface area contributed by atoms with E-state index in [4.69, 9.17) is 17.3 Å². The lowest BCUT2D eigenvalue weighted by Crippen LogP contribution is -2.35. The van der Waals surface area contributed by atoms with E-state index in [2.05, 4.69) is 11.1 Å². The summed E-state index contributed by atoms with van der Waals surface area (Å²) in [4.78, 5) is 17.7. The highest BCUT2D eigenvalue weighted by molar-refractivity contribution is 6.31. The Morgan fingerprint density at radius 2 is 2.25 bits per heavy atom. The van der Waals surface area contributed by atoms with E-state index in [9.17, 15) is 14.4 Å². The van der Waals surface area contributed by atoms with Gasteiger partial charge in [0.25, 0.3) is 0 Å². The third-order valence-electron chi connectivity index (χ3n) is 4.14. The molecule has 1 aromatic carbocycles. The van der Waals surface area contributed by atoms with Crippen molar-refractivity contribution in [3.8, 4) is 17.2 Å². The second kappa shape index (κ2) is 6.10. The Kier molecular flexibility index (Phi) is 4.12. The van der Waals surface area contributed by atoms with Gasteiger partial charge in [0.2, 0.25) is 5.91 Å². The van der Waals surface area contributed by atoms with Gasteiger partial charge in [0.1, 0.15) is 23.3 Å². The van der Waals surface area contributed by atoms with Crippen LogP contribution in [0.4, 0.5) is 10.2 Å². The number of nitriles is 1. The van der Waals surface area contributed by atoms with E-state index < -0.39 is 5.82 Å². The molecule has 0 radical (unpaired) electrons. The molecule has 7 heteroatoms. The molecule has 0 saturated carbocycles. The molecular weight excluding hydrogens is 331 g/mol. The Balaban J connectivity index is 2.27. The minimum atomic E-state index is -0.541. The van der Waals surface area contributed by atoms with Crippen molar-refractivity contribution in [1.82, 2.24) is 9.88 Å². The van der Waals surface area contributed by atoms with Crippen LogP contribution in [0.5, 0.6) is 0 Å². The minimum absolute atomic E-state index is 0.0419. The van der Waals surface area contributed by atoms with Crippen LogP contribution in [-0.4, -0.2) is 22.3 Å². The highest BCUT2D eigenvalue weighted by Gasteiger charge is 2.26. The third-order valence-corrected chi connectivity index (χ3v) is 4.43. The molecule has 1 aliphatic rings. The first-order valence-corrected chi connectivity index (χ1v) is 7.72. The van der Waals surface area contributed by atoms with Crippen LogP contribution in [0.3, 0.4) is 0 Å². The molecule has 0 aliphatic carbocycles. The van der Waals surface area contributed by atoms with E-state index in [1.54, 1.807) is 11.0 Å². The zero-order chi connectivity index (χ0) is 17.4. The molecule has 0 fully saturated rings. The maximum atomic E-state index is 13.5. The number of nitrogen functional groups attached to an aromatic ring is 1. The number of nitrogens with two attached hydrogens (primary N) is 1. The van der Waals surface area contributed by atoms with Gasteiger partial charge in [-0.25, -0.2) is 9.37 Å². The minimum Gasteiger partial charge on any atom is -0.383 e. The van der Waals surface area contributed by atoms with E-state index in [-0.39, 0.29) is 22.3 Å². The molecule has 122 valence electrons. The zero-order valence-corrected chi connectivity index (χ0v) is 13.7. The Hall–Kier alpha value is -2.65. The number of benzene rings is 1. The van der Waals surface area contributed by atoms with E-state index in [1.165, 1.54) is 19.1 Å². The number of halogens is 2. The highest BCUT2D eigenvalue weighted by atomic mass is 35.5. The summed E-state index contributed by atoms with van der Waals surface area (Å²) in [6.45, 7) is 2.37. The van der Waals surface area contributed by atoms with Crippen molar-refractivity contribution >= 4 is 23.3 Å². The maximum absolute atomic E-state index is 13.5. The predicted molar refractivity (Wildman–Crippen MR) is 88.6 cm³/mol. The van der Waals surface area contributed by atoms with Crippen LogP contribution in [0.15, 0.2) is 18.2 Å². The number of amides is 1. The third kappa shape index (κ3) is 2.68. The smallest absolute Gasteiger partial charge is 0.219 e. The monoisotopic (exact) mass is 344 g/mol. The molecule has 1 aliphatic heterocycles. The number of hydrogen-bond donors (Lipinski definition) is 1. The molecule has 0 bridgehead atoms. The van der Waals surface area contributed by atoms with Gasteiger partial charge in [-0.1, -0.05) is 17.7 Å². The van der Waals surface area contributed by atoms with Crippen molar-refractivity contribution in [1.29, 1.82) is 5.26 Å². The molecule has 3 rings (SSSR count). The second-order valence-electron chi connectivity index (χ2n) is 5.60. The molecule has 1 aromatic heterocycles. The Labute approximate surface area is 143 Å². The second-order valence-corrected chi connectivity index (χ2v) is 6.01. The van der Waals surface area contributed by atoms with E-state index in [1.807, 2.05) is 0 Å². The van der Waals surface area contributed by atoms with Crippen LogP contribution < -0.4 is 5.73 Å². The number of fused-ring (bicyclic) bond motifs is 1. The Morgan fingerprint density at radius 1 is 1.50 bits per heavy atom. The zero-order valence-electron chi connectivity index (χ0n) is 12.9. The Bertz CT molecular complexity index is 891. The first kappa shape index (κ1) is 16.2. The molecule has 2 aromatic rings. The van der Waals surface area contributed by atoms with E-state index in [0.29, 0.717) is 30.6 Å². The molecule has 1 amide bonds. The van der Waals surface area contributed by atoms with Crippen LogP contribution >= 0.6 is 11.6 Å². The fraction of sp³-hybridized carbons (Fsp3) is 0.235. The van der Waals surface area contributed by atoms with Crippen LogP contribution in [0.1, 0.15) is 23.7 Å². The predicted octanol–water partition coefficient (Wildman–Crippen LogP) is 2.90. The first-order chi connectivity index (χ1) is 11.4. The lowest BCUT2D eigenvalue weighted by molar-refractivity contribution is -0.129. The van der Waals surface area contributed by atoms with Gasteiger partial charge in [0.05, 0.1) is 10.7 Å². The van der Waals surface area contributed by atoms with Crippen molar-refractivity contribution in [2.45, 2.75) is 19.9 Å². The summed E-state index contributed by atoms with van der Waals surface area (Å²) >= 11 is 5.89. The molecule has 0 saturated heterocycles. The maximum Gasteiger partial charge on any atom is 0.219 e. The van der Waals surface area contributed by atoms with Gasteiger partial charge in [-0.15, -0.1) is 0 Å². The van der Waals surface area contributed by atoms with Gasteiger partial charge in [-0.3, -0.25) is 4.79 Å². The Morgan fingerprint density at radius 3 is 2.88 bits per heavy atom. The van der Waals surface area contributed by atoms with Gasteiger partial charge in [0.15, 0.2) is 0 Å². The summed E-state index contributed by atoms with van der Waals surface area (Å²) < 4.78 is 13.5. The van der Waals surface area contributed by atoms with Gasteiger partial charge < -0.3 is 10.6 Å². The van der Waals surface area contributed by atoms with Crippen molar-refractivity contribution in [2.24, 2.45) is 0 Å². The van der Waals surface area contributed by atoms with Crippen molar-refractivity contribution < 1.29 is 9.18 Å². The SMILES string of the molecule is CC(=O)N1CCc2nc(N)c(C#N)c(-c3ccc(F)c(Cl)c3)c2C1. The molecule has 0 spiro atoms. The summed E-state index contributed by atoms with van der Waals surface area (Å²) in [5, 5.41) is 9.46.